The van der Waals surface area contributed by atoms with Crippen molar-refractivity contribution in [2.24, 2.45) is 5.41 Å². The second-order valence-corrected chi connectivity index (χ2v) is 5.79. The quantitative estimate of drug-likeness (QED) is 0.896. The monoisotopic (exact) mass is 275 g/mol. The molecule has 4 nitrogen and oxygen atoms in total. The smallest absolute Gasteiger partial charge is 0.230 e. The number of hydrogen-bond acceptors (Lipinski definition) is 3. The van der Waals surface area contributed by atoms with E-state index in [4.69, 9.17) is 0 Å². The van der Waals surface area contributed by atoms with Crippen molar-refractivity contribution in [2.75, 3.05) is 20.1 Å². The Labute approximate surface area is 121 Å². The molecule has 1 aromatic heterocycles. The van der Waals surface area contributed by atoms with Crippen molar-refractivity contribution < 1.29 is 4.79 Å². The summed E-state index contributed by atoms with van der Waals surface area (Å²) in [6, 6.07) is 5.83. The molecule has 1 atom stereocenters. The topological polar surface area (TPSA) is 45.2 Å². The van der Waals surface area contributed by atoms with E-state index in [2.05, 4.69) is 17.2 Å². The Bertz CT molecular complexity index is 421. The van der Waals surface area contributed by atoms with Gasteiger partial charge in [-0.3, -0.25) is 9.78 Å². The van der Waals surface area contributed by atoms with Gasteiger partial charge in [0.05, 0.1) is 17.7 Å². The van der Waals surface area contributed by atoms with Crippen LogP contribution in [0.4, 0.5) is 0 Å². The van der Waals surface area contributed by atoms with Crippen LogP contribution in [0, 0.1) is 5.41 Å². The van der Waals surface area contributed by atoms with Gasteiger partial charge < -0.3 is 10.2 Å². The molecular formula is C16H25N3O. The molecule has 2 heterocycles. The van der Waals surface area contributed by atoms with Crippen LogP contribution in [0.15, 0.2) is 24.4 Å². The highest BCUT2D eigenvalue weighted by Gasteiger charge is 2.40. The summed E-state index contributed by atoms with van der Waals surface area (Å²) in [5, 5.41) is 3.40. The molecule has 4 heteroatoms. The first-order valence-corrected chi connectivity index (χ1v) is 7.54. The standard InChI is InChI=1S/C16H25N3O/c1-3-8-16(9-6-10-17-13-16)15(20)19(2)12-14-7-4-5-11-18-14/h4-5,7,11,17H,3,6,8-10,12-13H2,1-2H3. The van der Waals surface area contributed by atoms with Crippen LogP contribution >= 0.6 is 0 Å². The third kappa shape index (κ3) is 3.37. The average Bonchev–Trinajstić information content (AvgIpc) is 2.48. The Morgan fingerprint density at radius 3 is 2.95 bits per heavy atom. The minimum absolute atomic E-state index is 0.212. The van der Waals surface area contributed by atoms with Gasteiger partial charge in [0, 0.05) is 19.8 Å². The lowest BCUT2D eigenvalue weighted by Gasteiger charge is -2.39. The third-order valence-electron chi connectivity index (χ3n) is 4.13. The lowest BCUT2D eigenvalue weighted by Crippen LogP contribution is -2.50. The maximum Gasteiger partial charge on any atom is 0.230 e. The van der Waals surface area contributed by atoms with Crippen LogP contribution in [-0.2, 0) is 11.3 Å². The zero-order valence-electron chi connectivity index (χ0n) is 12.6. The molecule has 1 amide bonds. The van der Waals surface area contributed by atoms with Crippen LogP contribution < -0.4 is 5.32 Å². The summed E-state index contributed by atoms with van der Waals surface area (Å²) in [7, 11) is 1.89. The number of carbonyl (C=O) groups is 1. The zero-order valence-corrected chi connectivity index (χ0v) is 12.6. The molecule has 0 spiro atoms. The second-order valence-electron chi connectivity index (χ2n) is 5.79. The first-order valence-electron chi connectivity index (χ1n) is 7.54. The fourth-order valence-corrected chi connectivity index (χ4v) is 3.16. The van der Waals surface area contributed by atoms with Gasteiger partial charge in [-0.05, 0) is 37.9 Å². The van der Waals surface area contributed by atoms with E-state index >= 15 is 0 Å². The van der Waals surface area contributed by atoms with Gasteiger partial charge in [-0.1, -0.05) is 19.4 Å². The summed E-state index contributed by atoms with van der Waals surface area (Å²) < 4.78 is 0. The van der Waals surface area contributed by atoms with Crippen molar-refractivity contribution in [3.63, 3.8) is 0 Å². The van der Waals surface area contributed by atoms with Crippen molar-refractivity contribution in [1.82, 2.24) is 15.2 Å². The summed E-state index contributed by atoms with van der Waals surface area (Å²) in [5.41, 5.74) is 0.732. The van der Waals surface area contributed by atoms with Gasteiger partial charge in [-0.15, -0.1) is 0 Å². The summed E-state index contributed by atoms with van der Waals surface area (Å²) in [6.45, 7) is 4.59. The highest BCUT2D eigenvalue weighted by molar-refractivity contribution is 5.83. The van der Waals surface area contributed by atoms with Crippen molar-refractivity contribution in [2.45, 2.75) is 39.2 Å². The van der Waals surface area contributed by atoms with Crippen LogP contribution in [0.25, 0.3) is 0 Å². The fraction of sp³-hybridized carbons (Fsp3) is 0.625. The Hall–Kier alpha value is -1.42. The molecule has 1 aromatic rings. The molecule has 0 bridgehead atoms. The maximum atomic E-state index is 12.9. The summed E-state index contributed by atoms with van der Waals surface area (Å²) in [5.74, 6) is 0.261. The highest BCUT2D eigenvalue weighted by atomic mass is 16.2. The zero-order chi connectivity index (χ0) is 14.4. The van der Waals surface area contributed by atoms with Crippen LogP contribution in [0.2, 0.25) is 0 Å². The van der Waals surface area contributed by atoms with Gasteiger partial charge in [-0.25, -0.2) is 0 Å². The van der Waals surface area contributed by atoms with Crippen molar-refractivity contribution in [3.8, 4) is 0 Å². The van der Waals surface area contributed by atoms with E-state index in [1.54, 1.807) is 6.20 Å². The number of rotatable bonds is 5. The predicted octanol–water partition coefficient (Wildman–Crippen LogP) is 2.21. The molecule has 0 radical (unpaired) electrons. The number of pyridine rings is 1. The van der Waals surface area contributed by atoms with Gasteiger partial charge in [0.1, 0.15) is 0 Å². The minimum Gasteiger partial charge on any atom is -0.339 e. The molecule has 110 valence electrons. The van der Waals surface area contributed by atoms with E-state index in [1.165, 1.54) is 0 Å². The largest absolute Gasteiger partial charge is 0.339 e. The van der Waals surface area contributed by atoms with E-state index in [1.807, 2.05) is 30.1 Å². The molecule has 1 fully saturated rings. The molecule has 1 N–H and O–H groups in total. The van der Waals surface area contributed by atoms with Gasteiger partial charge in [-0.2, -0.15) is 0 Å². The normalized spacial score (nSPS) is 22.5. The van der Waals surface area contributed by atoms with Crippen LogP contribution in [0.1, 0.15) is 38.3 Å². The number of piperidine rings is 1. The minimum atomic E-state index is -0.212. The van der Waals surface area contributed by atoms with Gasteiger partial charge >= 0.3 is 0 Å². The molecule has 20 heavy (non-hydrogen) atoms. The lowest BCUT2D eigenvalue weighted by molar-refractivity contribution is -0.143. The summed E-state index contributed by atoms with van der Waals surface area (Å²) in [6.07, 6.45) is 5.87. The Balaban J connectivity index is 2.06. The predicted molar refractivity (Wildman–Crippen MR) is 80.2 cm³/mol. The average molecular weight is 275 g/mol. The van der Waals surface area contributed by atoms with Crippen LogP contribution in [-0.4, -0.2) is 35.9 Å². The third-order valence-corrected chi connectivity index (χ3v) is 4.13. The first-order chi connectivity index (χ1) is 9.68. The molecule has 0 aromatic carbocycles. The van der Waals surface area contributed by atoms with Crippen LogP contribution in [0.3, 0.4) is 0 Å². The van der Waals surface area contributed by atoms with E-state index in [0.29, 0.717) is 6.54 Å². The number of hydrogen-bond donors (Lipinski definition) is 1. The molecule has 2 rings (SSSR count). The summed E-state index contributed by atoms with van der Waals surface area (Å²) in [4.78, 5) is 19.0. The molecule has 0 aliphatic carbocycles. The van der Waals surface area contributed by atoms with E-state index in [-0.39, 0.29) is 11.3 Å². The van der Waals surface area contributed by atoms with Gasteiger partial charge in [0.15, 0.2) is 0 Å². The number of nitrogens with zero attached hydrogens (tertiary/aromatic N) is 2. The van der Waals surface area contributed by atoms with Crippen molar-refractivity contribution in [3.05, 3.63) is 30.1 Å². The van der Waals surface area contributed by atoms with E-state index < -0.39 is 0 Å². The van der Waals surface area contributed by atoms with E-state index in [0.717, 1.165) is 44.5 Å². The SMILES string of the molecule is CCCC1(C(=O)N(C)Cc2ccccn2)CCCNC1. The van der Waals surface area contributed by atoms with Crippen molar-refractivity contribution >= 4 is 5.91 Å². The Kier molecular flexibility index (Phi) is 5.12. The van der Waals surface area contributed by atoms with Crippen LogP contribution in [0.5, 0.6) is 0 Å². The lowest BCUT2D eigenvalue weighted by atomic mass is 9.76. The number of aromatic nitrogens is 1. The molecular weight excluding hydrogens is 250 g/mol. The number of nitrogens with one attached hydrogen (secondary N) is 1. The first kappa shape index (κ1) is 15.0. The van der Waals surface area contributed by atoms with E-state index in [9.17, 15) is 4.79 Å². The highest BCUT2D eigenvalue weighted by Crippen LogP contribution is 2.33. The number of amides is 1. The fourth-order valence-electron chi connectivity index (χ4n) is 3.16. The summed E-state index contributed by atoms with van der Waals surface area (Å²) >= 11 is 0. The maximum absolute atomic E-state index is 12.9. The van der Waals surface area contributed by atoms with Crippen molar-refractivity contribution in [1.29, 1.82) is 0 Å². The molecule has 0 saturated carbocycles. The molecule has 1 saturated heterocycles. The molecule has 1 aliphatic rings. The molecule has 1 unspecified atom stereocenters. The van der Waals surface area contributed by atoms with Gasteiger partial charge in [0.25, 0.3) is 0 Å². The Morgan fingerprint density at radius 1 is 1.50 bits per heavy atom. The Morgan fingerprint density at radius 2 is 2.35 bits per heavy atom. The second kappa shape index (κ2) is 6.84. The number of carbonyl (C=O) groups excluding carboxylic acids is 1. The van der Waals surface area contributed by atoms with Gasteiger partial charge in [0.2, 0.25) is 5.91 Å². The molecule has 1 aliphatic heterocycles.